The molecule has 140 valence electrons. The summed E-state index contributed by atoms with van der Waals surface area (Å²) in [7, 11) is -2.08. The van der Waals surface area contributed by atoms with Gasteiger partial charge in [-0.25, -0.2) is 4.79 Å². The first-order chi connectivity index (χ1) is 11.5. The third kappa shape index (κ3) is 4.91. The zero-order valence-corrected chi connectivity index (χ0v) is 17.0. The number of hydrogen-bond donors (Lipinski definition) is 1. The molecule has 1 aliphatic rings. The summed E-state index contributed by atoms with van der Waals surface area (Å²) >= 11 is 0. The second-order valence-electron chi connectivity index (χ2n) is 8.18. The summed E-state index contributed by atoms with van der Waals surface area (Å²) in [5.41, 5.74) is 0.492. The molecular weight excluding hydrogens is 336 g/mol. The van der Waals surface area contributed by atoms with E-state index in [-0.39, 0.29) is 11.1 Å². The summed E-state index contributed by atoms with van der Waals surface area (Å²) in [6, 6.07) is 8.88. The highest BCUT2D eigenvalue weighted by Crippen LogP contribution is 2.39. The predicted octanol–water partition coefficient (Wildman–Crippen LogP) is 3.73. The fraction of sp³-hybridized carbons (Fsp3) is 0.632. The average molecular weight is 367 g/mol. The van der Waals surface area contributed by atoms with Crippen LogP contribution in [0, 0.1) is 0 Å². The molecule has 5 nitrogen and oxygen atoms in total. The third-order valence-electron chi connectivity index (χ3n) is 5.14. The molecule has 1 aromatic carbocycles. The van der Waals surface area contributed by atoms with Crippen LogP contribution in [0.4, 0.5) is 0 Å². The Hall–Kier alpha value is -1.21. The van der Waals surface area contributed by atoms with Gasteiger partial charge in [-0.15, -0.1) is 0 Å². The number of carbonyl (C=O) groups excluding carboxylic acids is 1. The fourth-order valence-electron chi connectivity index (χ4n) is 2.62. The van der Waals surface area contributed by atoms with Crippen LogP contribution in [0.2, 0.25) is 18.1 Å². The maximum absolute atomic E-state index is 12.5. The smallest absolute Gasteiger partial charge is 0.338 e. The lowest BCUT2D eigenvalue weighted by Gasteiger charge is -2.45. The van der Waals surface area contributed by atoms with Gasteiger partial charge in [0.15, 0.2) is 20.7 Å². The van der Waals surface area contributed by atoms with Gasteiger partial charge in [0.05, 0.1) is 17.8 Å². The highest BCUT2D eigenvalue weighted by atomic mass is 28.4. The van der Waals surface area contributed by atoms with Crippen molar-refractivity contribution in [2.45, 2.75) is 76.8 Å². The van der Waals surface area contributed by atoms with E-state index in [2.05, 4.69) is 33.9 Å². The molecule has 0 aliphatic carbocycles. The van der Waals surface area contributed by atoms with Gasteiger partial charge in [-0.3, -0.25) is 0 Å². The monoisotopic (exact) mass is 366 g/mol. The topological polar surface area (TPSA) is 65.0 Å². The molecule has 2 rings (SSSR count). The van der Waals surface area contributed by atoms with Gasteiger partial charge in [-0.1, -0.05) is 39.0 Å². The van der Waals surface area contributed by atoms with Gasteiger partial charge in [-0.2, -0.15) is 0 Å². The van der Waals surface area contributed by atoms with Crippen LogP contribution in [-0.4, -0.2) is 44.0 Å². The Morgan fingerprint density at radius 3 is 2.40 bits per heavy atom. The van der Waals surface area contributed by atoms with Crippen LogP contribution in [-0.2, 0) is 13.9 Å². The lowest BCUT2D eigenvalue weighted by atomic mass is 10.0. The second kappa shape index (κ2) is 7.58. The van der Waals surface area contributed by atoms with Gasteiger partial charge >= 0.3 is 5.97 Å². The lowest BCUT2D eigenvalue weighted by Crippen LogP contribution is -2.55. The zero-order valence-electron chi connectivity index (χ0n) is 16.0. The number of aliphatic hydroxyl groups is 1. The van der Waals surface area contributed by atoms with Crippen molar-refractivity contribution in [2.24, 2.45) is 0 Å². The maximum Gasteiger partial charge on any atom is 0.338 e. The molecule has 0 saturated carbocycles. The largest absolute Gasteiger partial charge is 0.453 e. The molecule has 1 N–H and O–H groups in total. The van der Waals surface area contributed by atoms with Gasteiger partial charge in [-0.05, 0) is 37.2 Å². The quantitative estimate of drug-likeness (QED) is 0.650. The van der Waals surface area contributed by atoms with Gasteiger partial charge in [0.1, 0.15) is 0 Å². The molecule has 0 bridgehead atoms. The van der Waals surface area contributed by atoms with Gasteiger partial charge < -0.3 is 19.0 Å². The number of ether oxygens (including phenoxy) is 2. The first-order valence-electron chi connectivity index (χ1n) is 8.78. The molecule has 6 heteroatoms. The van der Waals surface area contributed by atoms with Crippen LogP contribution in [0.3, 0.4) is 0 Å². The van der Waals surface area contributed by atoms with Crippen molar-refractivity contribution in [3.05, 3.63) is 35.9 Å². The van der Waals surface area contributed by atoms with Crippen LogP contribution in [0.1, 0.15) is 44.5 Å². The van der Waals surface area contributed by atoms with E-state index in [1.807, 2.05) is 6.07 Å². The number of benzene rings is 1. The van der Waals surface area contributed by atoms with E-state index in [9.17, 15) is 9.90 Å². The van der Waals surface area contributed by atoms with Crippen LogP contribution < -0.4 is 0 Å². The average Bonchev–Trinajstić information content (AvgIpc) is 2.50. The molecule has 0 aromatic heterocycles. The van der Waals surface area contributed by atoms with E-state index < -0.39 is 32.8 Å². The van der Waals surface area contributed by atoms with Crippen LogP contribution in [0.25, 0.3) is 0 Å². The van der Waals surface area contributed by atoms with Crippen molar-refractivity contribution >= 4 is 14.3 Å². The standard InChI is InChI=1S/C19H30O5Si/c1-13-17(23-18(21)14-10-8-7-9-11-14)15(12-16(20)22-13)24-25(5,6)19(2,3)4/h7-11,13,15-17,20H,12H2,1-6H3/t13-,15-,16+,17-/m0/s1. The highest BCUT2D eigenvalue weighted by Gasteiger charge is 2.46. The van der Waals surface area contributed by atoms with Crippen molar-refractivity contribution in [3.63, 3.8) is 0 Å². The van der Waals surface area contributed by atoms with Crippen molar-refractivity contribution < 1.29 is 23.8 Å². The first-order valence-corrected chi connectivity index (χ1v) is 11.7. The van der Waals surface area contributed by atoms with E-state index in [1.165, 1.54) is 0 Å². The molecule has 1 aliphatic heterocycles. The van der Waals surface area contributed by atoms with E-state index in [1.54, 1.807) is 31.2 Å². The molecule has 1 aromatic rings. The Labute approximate surface area is 151 Å². The Morgan fingerprint density at radius 1 is 1.24 bits per heavy atom. The summed E-state index contributed by atoms with van der Waals surface area (Å²) in [5, 5.41) is 10.0. The number of aliphatic hydroxyl groups excluding tert-OH is 1. The summed E-state index contributed by atoms with van der Waals surface area (Å²) in [4.78, 5) is 12.5. The third-order valence-corrected chi connectivity index (χ3v) is 9.64. The normalized spacial score (nSPS) is 27.8. The highest BCUT2D eigenvalue weighted by molar-refractivity contribution is 6.74. The van der Waals surface area contributed by atoms with Gasteiger partial charge in [0.25, 0.3) is 0 Å². The second-order valence-corrected chi connectivity index (χ2v) is 12.9. The molecule has 4 atom stereocenters. The molecule has 0 amide bonds. The molecule has 1 saturated heterocycles. The molecule has 1 heterocycles. The Balaban J connectivity index is 2.18. The van der Waals surface area contributed by atoms with Gasteiger partial charge in [0, 0.05) is 6.42 Å². The SMILES string of the molecule is C[C@@H]1O[C@@H](O)C[C@H](O[Si](C)(C)C(C)(C)C)[C@H]1OC(=O)c1ccccc1. The van der Waals surface area contributed by atoms with Crippen LogP contribution in [0.15, 0.2) is 30.3 Å². The minimum Gasteiger partial charge on any atom is -0.453 e. The van der Waals surface area contributed by atoms with Crippen molar-refractivity contribution in [3.8, 4) is 0 Å². The van der Waals surface area contributed by atoms with Crippen molar-refractivity contribution in [2.75, 3.05) is 0 Å². The fourth-order valence-corrected chi connectivity index (χ4v) is 3.96. The minimum atomic E-state index is -2.08. The molecule has 0 radical (unpaired) electrons. The first kappa shape index (κ1) is 20.1. The summed E-state index contributed by atoms with van der Waals surface area (Å²) in [6.07, 6.45) is -1.98. The van der Waals surface area contributed by atoms with E-state index in [0.717, 1.165) is 0 Å². The molecule has 0 spiro atoms. The van der Waals surface area contributed by atoms with Crippen LogP contribution in [0.5, 0.6) is 0 Å². The number of rotatable bonds is 4. The Kier molecular flexibility index (Phi) is 6.09. The number of carbonyl (C=O) groups is 1. The van der Waals surface area contributed by atoms with Crippen molar-refractivity contribution in [1.29, 1.82) is 0 Å². The lowest BCUT2D eigenvalue weighted by molar-refractivity contribution is -0.223. The number of esters is 1. The molecule has 0 unspecified atom stereocenters. The number of hydrogen-bond acceptors (Lipinski definition) is 5. The Morgan fingerprint density at radius 2 is 1.84 bits per heavy atom. The minimum absolute atomic E-state index is 0.0213. The molecule has 1 fully saturated rings. The van der Waals surface area contributed by atoms with E-state index >= 15 is 0 Å². The zero-order chi connectivity index (χ0) is 18.8. The van der Waals surface area contributed by atoms with E-state index in [0.29, 0.717) is 12.0 Å². The van der Waals surface area contributed by atoms with E-state index in [4.69, 9.17) is 13.9 Å². The maximum atomic E-state index is 12.5. The molecule has 25 heavy (non-hydrogen) atoms. The summed E-state index contributed by atoms with van der Waals surface area (Å²) in [5.74, 6) is -0.402. The van der Waals surface area contributed by atoms with Crippen LogP contribution >= 0.6 is 0 Å². The summed E-state index contributed by atoms with van der Waals surface area (Å²) in [6.45, 7) is 12.6. The molecular formula is C19H30O5Si. The Bertz CT molecular complexity index is 581. The van der Waals surface area contributed by atoms with Crippen molar-refractivity contribution in [1.82, 2.24) is 0 Å². The summed E-state index contributed by atoms with van der Waals surface area (Å²) < 4.78 is 17.7. The van der Waals surface area contributed by atoms with Gasteiger partial charge in [0.2, 0.25) is 0 Å². The predicted molar refractivity (Wildman–Crippen MR) is 98.9 cm³/mol.